The summed E-state index contributed by atoms with van der Waals surface area (Å²) in [6.45, 7) is 4.48. The first kappa shape index (κ1) is 19.9. The number of ether oxygens (including phenoxy) is 2. The average molecular weight is 346 g/mol. The predicted octanol–water partition coefficient (Wildman–Crippen LogP) is -0.0987. The van der Waals surface area contributed by atoms with Crippen molar-refractivity contribution in [3.63, 3.8) is 0 Å². The minimum Gasteiger partial charge on any atom is -0.481 e. The van der Waals surface area contributed by atoms with Crippen LogP contribution in [0.5, 0.6) is 0 Å². The van der Waals surface area contributed by atoms with Crippen molar-refractivity contribution in [3.05, 3.63) is 0 Å². The minimum atomic E-state index is -2.01. The molecule has 9 heteroatoms. The van der Waals surface area contributed by atoms with Crippen molar-refractivity contribution < 1.29 is 44.0 Å². The van der Waals surface area contributed by atoms with Gasteiger partial charge in [-0.1, -0.05) is 20.8 Å². The molecule has 0 heterocycles. The molecule has 0 saturated heterocycles. The summed E-state index contributed by atoms with van der Waals surface area (Å²) in [6, 6.07) is 0. The Morgan fingerprint density at radius 2 is 1.29 bits per heavy atom. The summed E-state index contributed by atoms with van der Waals surface area (Å²) in [5.74, 6) is -8.72. The Morgan fingerprint density at radius 1 is 0.917 bits per heavy atom. The molecule has 1 rings (SSSR count). The normalized spacial score (nSPS) is 27.7. The fourth-order valence-corrected chi connectivity index (χ4v) is 3.65. The van der Waals surface area contributed by atoms with Crippen LogP contribution in [0.2, 0.25) is 0 Å². The number of carbonyl (C=O) groups is 4. The fraction of sp³-hybridized carbons (Fsp3) is 0.733. The van der Waals surface area contributed by atoms with Gasteiger partial charge in [0.25, 0.3) is 0 Å². The molecule has 1 saturated carbocycles. The van der Waals surface area contributed by atoms with Crippen LogP contribution in [0.15, 0.2) is 0 Å². The van der Waals surface area contributed by atoms with Gasteiger partial charge in [-0.05, 0) is 6.42 Å². The van der Waals surface area contributed by atoms with Gasteiger partial charge in [-0.25, -0.2) is 0 Å². The monoisotopic (exact) mass is 346 g/mol. The maximum atomic E-state index is 12.0. The summed E-state index contributed by atoms with van der Waals surface area (Å²) in [4.78, 5) is 46.4. The molecule has 0 aromatic heterocycles. The van der Waals surface area contributed by atoms with E-state index in [-0.39, 0.29) is 0 Å². The second kappa shape index (κ2) is 6.04. The lowest BCUT2D eigenvalue weighted by atomic mass is 9.84. The lowest BCUT2D eigenvalue weighted by molar-refractivity contribution is -0.168. The van der Waals surface area contributed by atoms with Crippen LogP contribution in [0.25, 0.3) is 0 Å². The van der Waals surface area contributed by atoms with Gasteiger partial charge in [0.15, 0.2) is 11.8 Å². The van der Waals surface area contributed by atoms with Crippen molar-refractivity contribution in [2.45, 2.75) is 32.8 Å². The van der Waals surface area contributed by atoms with Crippen molar-refractivity contribution in [2.24, 2.45) is 22.7 Å². The molecule has 0 aromatic carbocycles. The van der Waals surface area contributed by atoms with E-state index in [1.54, 1.807) is 0 Å². The summed E-state index contributed by atoms with van der Waals surface area (Å²) in [6.07, 6.45) is -0.467. The lowest BCUT2D eigenvalue weighted by Gasteiger charge is -2.24. The van der Waals surface area contributed by atoms with Gasteiger partial charge in [-0.3, -0.25) is 19.2 Å². The van der Waals surface area contributed by atoms with Crippen LogP contribution in [-0.2, 0) is 28.7 Å². The number of aliphatic hydroxyl groups is 1. The average Bonchev–Trinajstić information content (AvgIpc) is 2.83. The molecular formula is C15H22O9. The first-order chi connectivity index (χ1) is 10.8. The quantitative estimate of drug-likeness (QED) is 0.424. The summed E-state index contributed by atoms with van der Waals surface area (Å²) in [5, 5.41) is 29.2. The first-order valence-electron chi connectivity index (χ1n) is 7.17. The number of carboxylic acids is 2. The molecule has 0 aliphatic heterocycles. The highest BCUT2D eigenvalue weighted by atomic mass is 16.5. The standard InChI is InChI=1S/C15H22O9/c1-13(2)14(3,6-7(9(16)17)10(18)19)15(13,22)8(11(20)23-4)12(21)24-5/h7-8,22H,6H2,1-5H3,(H,16,17)(H,18,19)/t14-,15+/m1/s1. The maximum Gasteiger partial charge on any atom is 0.323 e. The summed E-state index contributed by atoms with van der Waals surface area (Å²) in [5.41, 5.74) is -4.48. The number of methoxy groups -OCH3 is 2. The van der Waals surface area contributed by atoms with Crippen LogP contribution < -0.4 is 0 Å². The molecule has 0 aromatic rings. The molecule has 9 nitrogen and oxygen atoms in total. The minimum absolute atomic E-state index is 0.467. The molecule has 0 unspecified atom stereocenters. The highest BCUT2D eigenvalue weighted by Gasteiger charge is 2.85. The van der Waals surface area contributed by atoms with Crippen molar-refractivity contribution in [1.82, 2.24) is 0 Å². The third-order valence-electron chi connectivity index (χ3n) is 5.61. The van der Waals surface area contributed by atoms with Crippen molar-refractivity contribution in [1.29, 1.82) is 0 Å². The molecular weight excluding hydrogens is 324 g/mol. The number of carbonyl (C=O) groups excluding carboxylic acids is 2. The second-order valence-corrected chi connectivity index (χ2v) is 6.64. The first-order valence-corrected chi connectivity index (χ1v) is 7.17. The fourth-order valence-electron chi connectivity index (χ4n) is 3.65. The van der Waals surface area contributed by atoms with Crippen LogP contribution >= 0.6 is 0 Å². The Bertz CT molecular complexity index is 551. The zero-order chi connectivity index (χ0) is 19.1. The van der Waals surface area contributed by atoms with Gasteiger partial charge in [0.2, 0.25) is 0 Å². The third-order valence-corrected chi connectivity index (χ3v) is 5.61. The molecule has 2 atom stereocenters. The van der Waals surface area contributed by atoms with Gasteiger partial charge in [0.05, 0.1) is 14.2 Å². The van der Waals surface area contributed by atoms with Crippen LogP contribution in [-0.4, -0.2) is 59.0 Å². The molecule has 1 aliphatic rings. The smallest absolute Gasteiger partial charge is 0.323 e. The number of carboxylic acid groups (broad SMARTS) is 2. The molecule has 1 fully saturated rings. The van der Waals surface area contributed by atoms with E-state index in [2.05, 4.69) is 9.47 Å². The Kier molecular flexibility index (Phi) is 5.01. The van der Waals surface area contributed by atoms with E-state index in [0.29, 0.717) is 0 Å². The van der Waals surface area contributed by atoms with Gasteiger partial charge in [-0.2, -0.15) is 0 Å². The number of rotatable bonds is 7. The van der Waals surface area contributed by atoms with Crippen LogP contribution in [0.3, 0.4) is 0 Å². The molecule has 24 heavy (non-hydrogen) atoms. The van der Waals surface area contributed by atoms with Gasteiger partial charge in [0.1, 0.15) is 5.60 Å². The van der Waals surface area contributed by atoms with E-state index in [1.807, 2.05) is 0 Å². The lowest BCUT2D eigenvalue weighted by Crippen LogP contribution is -2.43. The van der Waals surface area contributed by atoms with Crippen molar-refractivity contribution in [2.75, 3.05) is 14.2 Å². The molecule has 0 amide bonds. The third kappa shape index (κ3) is 2.43. The van der Waals surface area contributed by atoms with E-state index < -0.39 is 58.6 Å². The number of aliphatic carboxylic acids is 2. The van der Waals surface area contributed by atoms with Gasteiger partial charge < -0.3 is 24.8 Å². The van der Waals surface area contributed by atoms with Gasteiger partial charge in [-0.15, -0.1) is 0 Å². The SMILES string of the molecule is COC(=O)C(C(=O)OC)[C@]1(O)C(C)(C)[C@@]1(C)CC(C(=O)O)C(=O)O. The zero-order valence-corrected chi connectivity index (χ0v) is 14.2. The Hall–Kier alpha value is -2.16. The molecule has 0 radical (unpaired) electrons. The van der Waals surface area contributed by atoms with Gasteiger partial charge in [0, 0.05) is 10.8 Å². The second-order valence-electron chi connectivity index (χ2n) is 6.64. The number of esters is 2. The summed E-state index contributed by atoms with van der Waals surface area (Å²) in [7, 11) is 2.07. The van der Waals surface area contributed by atoms with Crippen molar-refractivity contribution >= 4 is 23.9 Å². The highest BCUT2D eigenvalue weighted by molar-refractivity contribution is 5.98. The van der Waals surface area contributed by atoms with E-state index in [1.165, 1.54) is 20.8 Å². The number of hydrogen-bond donors (Lipinski definition) is 3. The van der Waals surface area contributed by atoms with Crippen LogP contribution in [0.4, 0.5) is 0 Å². The Balaban J connectivity index is 3.35. The summed E-state index contributed by atoms with van der Waals surface area (Å²) < 4.78 is 9.11. The molecule has 136 valence electrons. The Morgan fingerprint density at radius 3 is 1.58 bits per heavy atom. The van der Waals surface area contributed by atoms with E-state index in [9.17, 15) is 24.3 Å². The number of hydrogen-bond acceptors (Lipinski definition) is 7. The van der Waals surface area contributed by atoms with Crippen LogP contribution in [0, 0.1) is 22.7 Å². The molecule has 0 spiro atoms. The van der Waals surface area contributed by atoms with E-state index >= 15 is 0 Å². The van der Waals surface area contributed by atoms with E-state index in [0.717, 1.165) is 14.2 Å². The summed E-state index contributed by atoms with van der Waals surface area (Å²) >= 11 is 0. The zero-order valence-electron chi connectivity index (χ0n) is 14.2. The Labute approximate surface area is 138 Å². The molecule has 3 N–H and O–H groups in total. The predicted molar refractivity (Wildman–Crippen MR) is 77.7 cm³/mol. The maximum absolute atomic E-state index is 12.0. The van der Waals surface area contributed by atoms with E-state index in [4.69, 9.17) is 10.2 Å². The van der Waals surface area contributed by atoms with Crippen LogP contribution in [0.1, 0.15) is 27.2 Å². The molecule has 0 bridgehead atoms. The largest absolute Gasteiger partial charge is 0.481 e. The molecule has 1 aliphatic carbocycles. The topological polar surface area (TPSA) is 147 Å². The van der Waals surface area contributed by atoms with Crippen molar-refractivity contribution in [3.8, 4) is 0 Å². The van der Waals surface area contributed by atoms with Gasteiger partial charge >= 0.3 is 23.9 Å². The highest BCUT2D eigenvalue weighted by Crippen LogP contribution is 2.76.